The van der Waals surface area contributed by atoms with Gasteiger partial charge in [-0.3, -0.25) is 0 Å². The Hall–Kier alpha value is -0.570. The van der Waals surface area contributed by atoms with Crippen LogP contribution in [-0.4, -0.2) is 22.4 Å². The molecule has 0 radical (unpaired) electrons. The first kappa shape index (κ1) is 14.5. The van der Waals surface area contributed by atoms with Gasteiger partial charge in [0.15, 0.2) is 0 Å². The fourth-order valence-corrected chi connectivity index (χ4v) is 2.33. The summed E-state index contributed by atoms with van der Waals surface area (Å²) in [5, 5.41) is 20.3. The second kappa shape index (κ2) is 7.00. The first-order chi connectivity index (χ1) is 8.06. The Balaban J connectivity index is 2.60. The second-order valence-electron chi connectivity index (χ2n) is 4.58. The van der Waals surface area contributed by atoms with E-state index in [-0.39, 0.29) is 5.92 Å². The Morgan fingerprint density at radius 1 is 1.18 bits per heavy atom. The van der Waals surface area contributed by atoms with Crippen molar-refractivity contribution < 1.29 is 10.2 Å². The molecule has 3 heteroatoms. The molecule has 0 aliphatic carbocycles. The monoisotopic (exact) mass is 256 g/mol. The number of aliphatic hydroxyl groups excluding tert-OH is 2. The summed E-state index contributed by atoms with van der Waals surface area (Å²) in [4.78, 5) is 0. The number of halogens is 1. The van der Waals surface area contributed by atoms with Gasteiger partial charge in [-0.15, -0.1) is 0 Å². The average Bonchev–Trinajstić information content (AvgIpc) is 2.29. The molecule has 0 saturated heterocycles. The second-order valence-corrected chi connectivity index (χ2v) is 4.99. The van der Waals surface area contributed by atoms with E-state index in [0.29, 0.717) is 12.8 Å². The summed E-state index contributed by atoms with van der Waals surface area (Å²) in [6, 6.07) is 7.64. The van der Waals surface area contributed by atoms with E-state index >= 15 is 0 Å². The number of rotatable bonds is 6. The molecule has 17 heavy (non-hydrogen) atoms. The molecule has 1 aromatic rings. The van der Waals surface area contributed by atoms with Crippen molar-refractivity contribution in [3.8, 4) is 0 Å². The van der Waals surface area contributed by atoms with E-state index < -0.39 is 12.2 Å². The van der Waals surface area contributed by atoms with Crippen molar-refractivity contribution in [3.05, 3.63) is 34.9 Å². The van der Waals surface area contributed by atoms with Gasteiger partial charge in [0.25, 0.3) is 0 Å². The van der Waals surface area contributed by atoms with E-state index in [4.69, 9.17) is 11.6 Å². The van der Waals surface area contributed by atoms with Crippen molar-refractivity contribution in [2.45, 2.75) is 51.2 Å². The summed E-state index contributed by atoms with van der Waals surface area (Å²) >= 11 is 6.10. The van der Waals surface area contributed by atoms with Crippen LogP contribution in [0.2, 0.25) is 5.02 Å². The molecular formula is C14H21ClO2. The van der Waals surface area contributed by atoms with Crippen LogP contribution < -0.4 is 0 Å². The van der Waals surface area contributed by atoms with E-state index in [9.17, 15) is 10.2 Å². The fourth-order valence-electron chi connectivity index (χ4n) is 2.01. The number of hydrogen-bond donors (Lipinski definition) is 2. The average molecular weight is 257 g/mol. The minimum Gasteiger partial charge on any atom is -0.390 e. The molecule has 3 atom stereocenters. The van der Waals surface area contributed by atoms with Gasteiger partial charge < -0.3 is 10.2 Å². The lowest BCUT2D eigenvalue weighted by Crippen LogP contribution is -2.27. The molecule has 2 N–H and O–H groups in total. The number of hydrogen-bond acceptors (Lipinski definition) is 2. The highest BCUT2D eigenvalue weighted by Gasteiger charge is 2.20. The SMILES string of the molecule is CCCC(O)C(O)CC(C)c1ccccc1Cl. The van der Waals surface area contributed by atoms with Crippen LogP contribution in [0.1, 0.15) is 44.6 Å². The molecule has 2 nitrogen and oxygen atoms in total. The Bertz CT molecular complexity index is 341. The summed E-state index contributed by atoms with van der Waals surface area (Å²) in [5.74, 6) is 0.144. The normalized spacial score (nSPS) is 16.5. The van der Waals surface area contributed by atoms with Crippen LogP contribution >= 0.6 is 11.6 Å². The predicted octanol–water partition coefficient (Wildman–Crippen LogP) is 3.36. The minimum atomic E-state index is -0.679. The maximum Gasteiger partial charge on any atom is 0.0804 e. The van der Waals surface area contributed by atoms with Crippen LogP contribution in [0.15, 0.2) is 24.3 Å². The molecule has 0 heterocycles. The maximum absolute atomic E-state index is 9.88. The standard InChI is InChI=1S/C14H21ClO2/c1-3-6-13(16)14(17)9-10(2)11-7-4-5-8-12(11)15/h4-5,7-8,10,13-14,16-17H,3,6,9H2,1-2H3. The van der Waals surface area contributed by atoms with Crippen LogP contribution in [0.4, 0.5) is 0 Å². The maximum atomic E-state index is 9.88. The fraction of sp³-hybridized carbons (Fsp3) is 0.571. The summed E-state index contributed by atoms with van der Waals surface area (Å²) in [5.41, 5.74) is 1.02. The van der Waals surface area contributed by atoms with Crippen LogP contribution in [0.5, 0.6) is 0 Å². The van der Waals surface area contributed by atoms with E-state index in [1.165, 1.54) is 0 Å². The zero-order chi connectivity index (χ0) is 12.8. The third-order valence-corrected chi connectivity index (χ3v) is 3.40. The van der Waals surface area contributed by atoms with Gasteiger partial charge in [-0.05, 0) is 30.4 Å². The van der Waals surface area contributed by atoms with Crippen molar-refractivity contribution >= 4 is 11.6 Å². The predicted molar refractivity (Wildman–Crippen MR) is 71.4 cm³/mol. The van der Waals surface area contributed by atoms with Gasteiger partial charge in [0.05, 0.1) is 12.2 Å². The molecule has 96 valence electrons. The molecule has 0 spiro atoms. The third kappa shape index (κ3) is 4.30. The largest absolute Gasteiger partial charge is 0.390 e. The highest BCUT2D eigenvalue weighted by molar-refractivity contribution is 6.31. The molecular weight excluding hydrogens is 236 g/mol. The summed E-state index contributed by atoms with van der Waals surface area (Å²) in [6.07, 6.45) is 0.728. The number of benzene rings is 1. The molecule has 0 amide bonds. The highest BCUT2D eigenvalue weighted by Crippen LogP contribution is 2.28. The summed E-state index contributed by atoms with van der Waals surface area (Å²) < 4.78 is 0. The smallest absolute Gasteiger partial charge is 0.0804 e. The first-order valence-electron chi connectivity index (χ1n) is 6.16. The van der Waals surface area contributed by atoms with Crippen molar-refractivity contribution in [1.82, 2.24) is 0 Å². The molecule has 0 aliphatic rings. The van der Waals surface area contributed by atoms with Gasteiger partial charge in [0.2, 0.25) is 0 Å². The number of aliphatic hydroxyl groups is 2. The molecule has 3 unspecified atom stereocenters. The van der Waals surface area contributed by atoms with Gasteiger partial charge >= 0.3 is 0 Å². The molecule has 0 saturated carbocycles. The van der Waals surface area contributed by atoms with Gasteiger partial charge in [-0.25, -0.2) is 0 Å². The van der Waals surface area contributed by atoms with Crippen LogP contribution in [-0.2, 0) is 0 Å². The van der Waals surface area contributed by atoms with Crippen LogP contribution in [0.25, 0.3) is 0 Å². The lowest BCUT2D eigenvalue weighted by Gasteiger charge is -2.21. The van der Waals surface area contributed by atoms with Gasteiger partial charge in [-0.2, -0.15) is 0 Å². The van der Waals surface area contributed by atoms with E-state index in [0.717, 1.165) is 17.0 Å². The zero-order valence-electron chi connectivity index (χ0n) is 10.4. The summed E-state index contributed by atoms with van der Waals surface area (Å²) in [7, 11) is 0. The molecule has 1 aromatic carbocycles. The lowest BCUT2D eigenvalue weighted by atomic mass is 9.92. The third-order valence-electron chi connectivity index (χ3n) is 3.06. The summed E-state index contributed by atoms with van der Waals surface area (Å²) in [6.45, 7) is 4.01. The quantitative estimate of drug-likeness (QED) is 0.819. The molecule has 0 fully saturated rings. The molecule has 0 aliphatic heterocycles. The van der Waals surface area contributed by atoms with Gasteiger partial charge in [0, 0.05) is 5.02 Å². The van der Waals surface area contributed by atoms with Gasteiger partial charge in [-0.1, -0.05) is 50.1 Å². The first-order valence-corrected chi connectivity index (χ1v) is 6.54. The Morgan fingerprint density at radius 3 is 2.41 bits per heavy atom. The molecule has 1 rings (SSSR count). The molecule has 0 aromatic heterocycles. The van der Waals surface area contributed by atoms with Gasteiger partial charge in [0.1, 0.15) is 0 Å². The van der Waals surface area contributed by atoms with Crippen LogP contribution in [0.3, 0.4) is 0 Å². The van der Waals surface area contributed by atoms with Crippen molar-refractivity contribution in [3.63, 3.8) is 0 Å². The van der Waals surface area contributed by atoms with Crippen molar-refractivity contribution in [2.75, 3.05) is 0 Å². The van der Waals surface area contributed by atoms with Crippen LogP contribution in [0, 0.1) is 0 Å². The Morgan fingerprint density at radius 2 is 1.82 bits per heavy atom. The molecule has 0 bridgehead atoms. The zero-order valence-corrected chi connectivity index (χ0v) is 11.2. The lowest BCUT2D eigenvalue weighted by molar-refractivity contribution is 0.00638. The topological polar surface area (TPSA) is 40.5 Å². The Kier molecular flexibility index (Phi) is 5.96. The minimum absolute atomic E-state index is 0.144. The van der Waals surface area contributed by atoms with Crippen molar-refractivity contribution in [1.29, 1.82) is 0 Å². The van der Waals surface area contributed by atoms with E-state index in [2.05, 4.69) is 0 Å². The van der Waals surface area contributed by atoms with Crippen molar-refractivity contribution in [2.24, 2.45) is 0 Å². The highest BCUT2D eigenvalue weighted by atomic mass is 35.5. The van der Waals surface area contributed by atoms with E-state index in [1.54, 1.807) is 0 Å². The van der Waals surface area contributed by atoms with E-state index in [1.807, 2.05) is 38.1 Å². The Labute approximate surface area is 108 Å².